The molecule has 4 aromatic rings. The van der Waals surface area contributed by atoms with E-state index in [1.54, 1.807) is 4.88 Å². The largest absolute Gasteiger partial charge is 0.355 e. The fourth-order valence-corrected chi connectivity index (χ4v) is 4.88. The van der Waals surface area contributed by atoms with Crippen LogP contribution in [0.3, 0.4) is 0 Å². The van der Waals surface area contributed by atoms with E-state index < -0.39 is 0 Å². The molecule has 0 atom stereocenters. The Hall–Kier alpha value is -3.70. The van der Waals surface area contributed by atoms with Crippen LogP contribution in [-0.2, 0) is 6.42 Å². The average molecular weight is 479 g/mol. The highest BCUT2D eigenvalue weighted by molar-refractivity contribution is 7.09. The van der Waals surface area contributed by atoms with Gasteiger partial charge in [-0.25, -0.2) is 9.97 Å². The number of hydrogen-bond acceptors (Lipinski definition) is 3. The van der Waals surface area contributed by atoms with Crippen molar-refractivity contribution in [3.8, 4) is 0 Å². The summed E-state index contributed by atoms with van der Waals surface area (Å²) in [7, 11) is 0. The molecule has 0 saturated carbocycles. The zero-order chi connectivity index (χ0) is 23.9. The summed E-state index contributed by atoms with van der Waals surface area (Å²) < 4.78 is 0. The van der Waals surface area contributed by atoms with E-state index in [-0.39, 0.29) is 0 Å². The van der Waals surface area contributed by atoms with Crippen LogP contribution in [-0.4, -0.2) is 19.9 Å². The van der Waals surface area contributed by atoms with Crippen molar-refractivity contribution in [3.63, 3.8) is 0 Å². The third-order valence-electron chi connectivity index (χ3n) is 5.90. The van der Waals surface area contributed by atoms with E-state index in [9.17, 15) is 0 Å². The van der Waals surface area contributed by atoms with Crippen molar-refractivity contribution < 1.29 is 0 Å². The summed E-state index contributed by atoms with van der Waals surface area (Å²) in [6, 6.07) is 20.7. The van der Waals surface area contributed by atoms with Crippen LogP contribution in [0.2, 0.25) is 0 Å². The molecule has 2 aliphatic heterocycles. The molecule has 4 aromatic heterocycles. The first-order valence-corrected chi connectivity index (χ1v) is 13.2. The first kappa shape index (κ1) is 23.1. The van der Waals surface area contributed by atoms with E-state index in [0.717, 1.165) is 44.8 Å². The molecule has 0 saturated heterocycles. The minimum absolute atomic E-state index is 0.939. The van der Waals surface area contributed by atoms with E-state index in [4.69, 9.17) is 0 Å². The summed E-state index contributed by atoms with van der Waals surface area (Å²) in [4.78, 5) is 17.6. The van der Waals surface area contributed by atoms with Crippen LogP contribution in [0.4, 0.5) is 0 Å². The van der Waals surface area contributed by atoms with Crippen molar-refractivity contribution in [3.05, 3.63) is 93.7 Å². The number of thiophene rings is 1. The van der Waals surface area contributed by atoms with Crippen LogP contribution >= 0.6 is 11.3 Å². The molecule has 2 aliphatic rings. The Labute approximate surface area is 210 Å². The molecule has 6 rings (SSSR count). The minimum Gasteiger partial charge on any atom is -0.355 e. The monoisotopic (exact) mass is 478 g/mol. The topological polar surface area (TPSA) is 57.4 Å². The maximum absolute atomic E-state index is 4.63. The van der Waals surface area contributed by atoms with Gasteiger partial charge in [0.1, 0.15) is 0 Å². The van der Waals surface area contributed by atoms with Gasteiger partial charge in [-0.1, -0.05) is 32.3 Å². The number of aromatic amines is 2. The molecular formula is C30H30N4S. The van der Waals surface area contributed by atoms with Crippen molar-refractivity contribution in [1.82, 2.24) is 19.9 Å². The Bertz CT molecular complexity index is 1310. The van der Waals surface area contributed by atoms with E-state index in [1.807, 2.05) is 59.9 Å². The molecule has 5 heteroatoms. The lowest BCUT2D eigenvalue weighted by Gasteiger charge is -1.95. The molecule has 0 amide bonds. The number of rotatable bonds is 5. The Morgan fingerprint density at radius 2 is 1.11 bits per heavy atom. The van der Waals surface area contributed by atoms with Crippen molar-refractivity contribution >= 4 is 57.7 Å². The summed E-state index contributed by atoms with van der Waals surface area (Å²) in [5.74, 6) is 0. The Morgan fingerprint density at radius 1 is 0.629 bits per heavy atom. The Kier molecular flexibility index (Phi) is 7.35. The van der Waals surface area contributed by atoms with Gasteiger partial charge in [0.05, 0.1) is 22.8 Å². The molecule has 6 heterocycles. The van der Waals surface area contributed by atoms with Gasteiger partial charge in [-0.2, -0.15) is 0 Å². The first-order chi connectivity index (χ1) is 17.2. The molecule has 35 heavy (non-hydrogen) atoms. The fourth-order valence-electron chi connectivity index (χ4n) is 4.12. The number of fused-ring (bicyclic) bond motifs is 8. The van der Waals surface area contributed by atoms with E-state index in [1.165, 1.54) is 32.1 Å². The molecule has 2 N–H and O–H groups in total. The van der Waals surface area contributed by atoms with E-state index >= 15 is 0 Å². The van der Waals surface area contributed by atoms with Gasteiger partial charge in [0.15, 0.2) is 0 Å². The number of aromatic nitrogens is 4. The summed E-state index contributed by atoms with van der Waals surface area (Å²) >= 11 is 1.88. The number of unbranched alkanes of at least 4 members (excludes halogenated alkanes) is 3. The highest BCUT2D eigenvalue weighted by Gasteiger charge is 2.01. The smallest absolute Gasteiger partial charge is 0.0658 e. The number of aryl methyl sites for hydroxylation is 1. The minimum atomic E-state index is 0.939. The van der Waals surface area contributed by atoms with Crippen molar-refractivity contribution in [2.24, 2.45) is 0 Å². The standard InChI is InChI=1S/C20H14N4.C10H16S/c1-2-14-10-16-5-6-18(23-16)12-20-8-7-19(24-20)11-17-4-3-15(22-17)9-13(1)21-14;1-2-3-4-5-7-10-8-6-9-11-10/h1-12,21,24H;6,8-9H,2-5,7H2,1H3. The Balaban J connectivity index is 0.000000195. The van der Waals surface area contributed by atoms with E-state index in [0.29, 0.717) is 0 Å². The molecule has 0 aromatic carbocycles. The summed E-state index contributed by atoms with van der Waals surface area (Å²) in [6.45, 7) is 2.26. The van der Waals surface area contributed by atoms with Crippen LogP contribution in [0.15, 0.2) is 66.0 Å². The predicted molar refractivity (Wildman–Crippen MR) is 151 cm³/mol. The summed E-state index contributed by atoms with van der Waals surface area (Å²) in [5, 5.41) is 2.16. The highest BCUT2D eigenvalue weighted by atomic mass is 32.1. The first-order valence-electron chi connectivity index (χ1n) is 12.3. The maximum Gasteiger partial charge on any atom is 0.0658 e. The highest BCUT2D eigenvalue weighted by Crippen LogP contribution is 2.17. The SMILES string of the molecule is C1=Cc2cc3ccc(cc4nc(cc5ccc(cc1n2)[nH]5)C=C4)[nH]3.CCCCCCc1cccs1. The van der Waals surface area contributed by atoms with Gasteiger partial charge in [-0.15, -0.1) is 11.3 Å². The van der Waals surface area contributed by atoms with Gasteiger partial charge >= 0.3 is 0 Å². The lowest BCUT2D eigenvalue weighted by atomic mass is 10.1. The van der Waals surface area contributed by atoms with Crippen molar-refractivity contribution in [1.29, 1.82) is 0 Å². The molecular weight excluding hydrogens is 448 g/mol. The van der Waals surface area contributed by atoms with Gasteiger partial charge in [0.25, 0.3) is 0 Å². The third kappa shape index (κ3) is 6.46. The quantitative estimate of drug-likeness (QED) is 0.244. The summed E-state index contributed by atoms with van der Waals surface area (Å²) in [5.41, 5.74) is 7.86. The second kappa shape index (κ2) is 11.2. The van der Waals surface area contributed by atoms with Crippen LogP contribution < -0.4 is 0 Å². The van der Waals surface area contributed by atoms with E-state index in [2.05, 4.69) is 68.6 Å². The molecule has 0 unspecified atom stereocenters. The van der Waals surface area contributed by atoms with Crippen LogP contribution in [0.1, 0.15) is 60.3 Å². The Morgan fingerprint density at radius 3 is 1.51 bits per heavy atom. The second-order valence-electron chi connectivity index (χ2n) is 8.80. The lowest BCUT2D eigenvalue weighted by Crippen LogP contribution is -1.80. The zero-order valence-corrected chi connectivity index (χ0v) is 20.8. The van der Waals surface area contributed by atoms with Crippen LogP contribution in [0.25, 0.3) is 46.4 Å². The lowest BCUT2D eigenvalue weighted by molar-refractivity contribution is 0.670. The number of nitrogens with one attached hydrogen (secondary N) is 2. The van der Waals surface area contributed by atoms with Crippen molar-refractivity contribution in [2.75, 3.05) is 0 Å². The third-order valence-corrected chi connectivity index (χ3v) is 6.83. The predicted octanol–water partition coefficient (Wildman–Crippen LogP) is 8.53. The van der Waals surface area contributed by atoms with Crippen molar-refractivity contribution in [2.45, 2.75) is 39.0 Å². The van der Waals surface area contributed by atoms with Gasteiger partial charge in [-0.3, -0.25) is 0 Å². The fraction of sp³-hybridized carbons (Fsp3) is 0.200. The molecule has 0 spiro atoms. The second-order valence-corrected chi connectivity index (χ2v) is 9.83. The molecule has 8 bridgehead atoms. The van der Waals surface area contributed by atoms with Gasteiger partial charge < -0.3 is 9.97 Å². The number of nitrogens with zero attached hydrogens (tertiary/aromatic N) is 2. The zero-order valence-electron chi connectivity index (χ0n) is 20.0. The maximum atomic E-state index is 4.63. The molecule has 0 fully saturated rings. The summed E-state index contributed by atoms with van der Waals surface area (Å²) in [6.07, 6.45) is 14.9. The van der Waals surface area contributed by atoms with Crippen LogP contribution in [0, 0.1) is 0 Å². The van der Waals surface area contributed by atoms with Crippen LogP contribution in [0.5, 0.6) is 0 Å². The molecule has 0 aliphatic carbocycles. The number of H-pyrrole nitrogens is 2. The van der Waals surface area contributed by atoms with Gasteiger partial charge in [-0.05, 0) is 97.1 Å². The molecule has 0 radical (unpaired) electrons. The average Bonchev–Trinajstić information content (AvgIpc) is 3.67. The molecule has 4 nitrogen and oxygen atoms in total. The molecule has 176 valence electrons. The van der Waals surface area contributed by atoms with Gasteiger partial charge in [0, 0.05) is 26.9 Å². The number of hydrogen-bond donors (Lipinski definition) is 2. The van der Waals surface area contributed by atoms with Gasteiger partial charge in [0.2, 0.25) is 0 Å². The normalized spacial score (nSPS) is 11.9.